The number of nitrogens with zero attached hydrogens (tertiary/aromatic N) is 1. The van der Waals surface area contributed by atoms with Crippen molar-refractivity contribution in [2.75, 3.05) is 13.1 Å². The predicted octanol–water partition coefficient (Wildman–Crippen LogP) is 1.93. The number of carbonyl (C=O) groups is 2. The number of phenolic OH excluding ortho intramolecular Hbond substituents is 1. The minimum Gasteiger partial charge on any atom is -0.507 e. The van der Waals surface area contributed by atoms with Gasteiger partial charge in [-0.1, -0.05) is 0 Å². The smallest absolute Gasteiger partial charge is 0.323 e. The standard InChI is InChI=1S/C13H14INO4/c14-9-3-4-11(16)10(5-9)13(19)15(7-12(17)18)6-8-1-2-8/h3-5,8,16H,1-2,6-7H2,(H,17,18). The molecule has 6 heteroatoms. The van der Waals surface area contributed by atoms with Crippen LogP contribution in [0.2, 0.25) is 0 Å². The Morgan fingerprint density at radius 2 is 2.05 bits per heavy atom. The molecule has 0 bridgehead atoms. The number of benzene rings is 1. The zero-order valence-electron chi connectivity index (χ0n) is 10.2. The summed E-state index contributed by atoms with van der Waals surface area (Å²) in [6.45, 7) is 0.107. The van der Waals surface area contributed by atoms with Crippen LogP contribution < -0.4 is 0 Å². The SMILES string of the molecule is O=C(O)CN(CC1CC1)C(=O)c1cc(I)ccc1O. The normalized spacial score (nSPS) is 14.2. The molecule has 0 unspecified atom stereocenters. The van der Waals surface area contributed by atoms with E-state index in [4.69, 9.17) is 5.11 Å². The highest BCUT2D eigenvalue weighted by atomic mass is 127. The fourth-order valence-electron chi connectivity index (χ4n) is 1.84. The molecular formula is C13H14INO4. The molecule has 0 aromatic heterocycles. The minimum atomic E-state index is -1.04. The van der Waals surface area contributed by atoms with Gasteiger partial charge in [0, 0.05) is 10.1 Å². The maximum atomic E-state index is 12.3. The Hall–Kier alpha value is -1.31. The Kier molecular flexibility index (Phi) is 4.28. The van der Waals surface area contributed by atoms with E-state index in [1.54, 1.807) is 12.1 Å². The van der Waals surface area contributed by atoms with Crippen molar-refractivity contribution in [3.63, 3.8) is 0 Å². The highest BCUT2D eigenvalue weighted by Gasteiger charge is 2.29. The monoisotopic (exact) mass is 375 g/mol. The van der Waals surface area contributed by atoms with Gasteiger partial charge < -0.3 is 15.1 Å². The second kappa shape index (κ2) is 5.77. The third-order valence-corrected chi connectivity index (χ3v) is 3.65. The number of hydrogen-bond donors (Lipinski definition) is 2. The van der Waals surface area contributed by atoms with Crippen molar-refractivity contribution < 1.29 is 19.8 Å². The van der Waals surface area contributed by atoms with Crippen molar-refractivity contribution in [3.8, 4) is 5.75 Å². The molecule has 102 valence electrons. The Labute approximate surface area is 124 Å². The van der Waals surface area contributed by atoms with Gasteiger partial charge >= 0.3 is 5.97 Å². The Balaban J connectivity index is 2.21. The third-order valence-electron chi connectivity index (χ3n) is 2.98. The highest BCUT2D eigenvalue weighted by molar-refractivity contribution is 14.1. The van der Waals surface area contributed by atoms with Crippen molar-refractivity contribution >= 4 is 34.5 Å². The topological polar surface area (TPSA) is 77.8 Å². The number of carboxylic acids is 1. The fraction of sp³-hybridized carbons (Fsp3) is 0.385. The first-order chi connectivity index (χ1) is 8.97. The van der Waals surface area contributed by atoms with Crippen molar-refractivity contribution in [2.45, 2.75) is 12.8 Å². The van der Waals surface area contributed by atoms with Crippen LogP contribution in [0.3, 0.4) is 0 Å². The number of rotatable bonds is 5. The summed E-state index contributed by atoms with van der Waals surface area (Å²) < 4.78 is 0.820. The lowest BCUT2D eigenvalue weighted by Crippen LogP contribution is -2.37. The molecule has 0 radical (unpaired) electrons. The molecule has 0 spiro atoms. The number of carboxylic acid groups (broad SMARTS) is 1. The van der Waals surface area contributed by atoms with Gasteiger partial charge in [0.25, 0.3) is 5.91 Å². The first-order valence-electron chi connectivity index (χ1n) is 5.97. The van der Waals surface area contributed by atoms with Crippen molar-refractivity contribution in [1.82, 2.24) is 4.90 Å². The molecule has 1 aromatic carbocycles. The number of phenols is 1. The van der Waals surface area contributed by atoms with Gasteiger partial charge in [0.2, 0.25) is 0 Å². The third kappa shape index (κ3) is 3.82. The van der Waals surface area contributed by atoms with E-state index in [1.165, 1.54) is 11.0 Å². The largest absolute Gasteiger partial charge is 0.507 e. The predicted molar refractivity (Wildman–Crippen MR) is 77.1 cm³/mol. The lowest BCUT2D eigenvalue weighted by molar-refractivity contribution is -0.137. The second-order valence-electron chi connectivity index (χ2n) is 4.68. The maximum absolute atomic E-state index is 12.3. The van der Waals surface area contributed by atoms with Crippen LogP contribution in [0.4, 0.5) is 0 Å². The van der Waals surface area contributed by atoms with Gasteiger partial charge in [-0.05, 0) is 59.5 Å². The maximum Gasteiger partial charge on any atom is 0.323 e. The quantitative estimate of drug-likeness (QED) is 0.772. The summed E-state index contributed by atoms with van der Waals surface area (Å²) in [4.78, 5) is 24.5. The van der Waals surface area contributed by atoms with Crippen LogP contribution in [-0.2, 0) is 4.79 Å². The molecular weight excluding hydrogens is 361 g/mol. The molecule has 1 aromatic rings. The van der Waals surface area contributed by atoms with Crippen LogP contribution in [0.5, 0.6) is 5.75 Å². The lowest BCUT2D eigenvalue weighted by Gasteiger charge is -2.21. The summed E-state index contributed by atoms with van der Waals surface area (Å²) in [5.41, 5.74) is 0.161. The average Bonchev–Trinajstić information content (AvgIpc) is 3.14. The van der Waals surface area contributed by atoms with Crippen LogP contribution in [0.1, 0.15) is 23.2 Å². The molecule has 1 saturated carbocycles. The van der Waals surface area contributed by atoms with E-state index >= 15 is 0 Å². The zero-order valence-corrected chi connectivity index (χ0v) is 12.3. The molecule has 0 aliphatic heterocycles. The van der Waals surface area contributed by atoms with Gasteiger partial charge in [-0.25, -0.2) is 0 Å². The van der Waals surface area contributed by atoms with Crippen molar-refractivity contribution in [3.05, 3.63) is 27.3 Å². The molecule has 1 amide bonds. The van der Waals surface area contributed by atoms with E-state index in [0.29, 0.717) is 12.5 Å². The first kappa shape index (κ1) is 14.1. The summed E-state index contributed by atoms with van der Waals surface area (Å²) in [6, 6.07) is 4.71. The summed E-state index contributed by atoms with van der Waals surface area (Å²) in [7, 11) is 0. The number of halogens is 1. The van der Waals surface area contributed by atoms with Crippen LogP contribution in [0.15, 0.2) is 18.2 Å². The van der Waals surface area contributed by atoms with E-state index in [-0.39, 0.29) is 17.9 Å². The molecule has 0 saturated heterocycles. The number of aromatic hydroxyl groups is 1. The van der Waals surface area contributed by atoms with Gasteiger partial charge in [-0.15, -0.1) is 0 Å². The van der Waals surface area contributed by atoms with Gasteiger partial charge in [-0.3, -0.25) is 9.59 Å². The summed E-state index contributed by atoms with van der Waals surface area (Å²) >= 11 is 2.04. The summed E-state index contributed by atoms with van der Waals surface area (Å²) in [5, 5.41) is 18.6. The minimum absolute atomic E-state index is 0.114. The Bertz CT molecular complexity index is 513. The fourth-order valence-corrected chi connectivity index (χ4v) is 2.34. The van der Waals surface area contributed by atoms with E-state index < -0.39 is 11.9 Å². The van der Waals surface area contributed by atoms with Crippen LogP contribution in [0, 0.1) is 9.49 Å². The molecule has 2 rings (SSSR count). The van der Waals surface area contributed by atoms with E-state index in [0.717, 1.165) is 16.4 Å². The van der Waals surface area contributed by atoms with Crippen molar-refractivity contribution in [1.29, 1.82) is 0 Å². The summed E-state index contributed by atoms with van der Waals surface area (Å²) in [5.74, 6) is -1.19. The molecule has 2 N–H and O–H groups in total. The highest BCUT2D eigenvalue weighted by Crippen LogP contribution is 2.31. The second-order valence-corrected chi connectivity index (χ2v) is 5.93. The van der Waals surface area contributed by atoms with Crippen molar-refractivity contribution in [2.24, 2.45) is 5.92 Å². The molecule has 1 aliphatic rings. The van der Waals surface area contributed by atoms with Crippen LogP contribution in [-0.4, -0.2) is 40.1 Å². The Morgan fingerprint density at radius 3 is 2.63 bits per heavy atom. The molecule has 5 nitrogen and oxygen atoms in total. The van der Waals surface area contributed by atoms with Gasteiger partial charge in [0.15, 0.2) is 0 Å². The van der Waals surface area contributed by atoms with Crippen LogP contribution >= 0.6 is 22.6 Å². The number of aliphatic carboxylic acids is 1. The van der Waals surface area contributed by atoms with E-state index in [9.17, 15) is 14.7 Å². The lowest BCUT2D eigenvalue weighted by atomic mass is 10.1. The number of carbonyl (C=O) groups excluding carboxylic acids is 1. The van der Waals surface area contributed by atoms with Gasteiger partial charge in [0.05, 0.1) is 5.56 Å². The van der Waals surface area contributed by atoms with Crippen LogP contribution in [0.25, 0.3) is 0 Å². The van der Waals surface area contributed by atoms with E-state index in [1.807, 2.05) is 22.6 Å². The zero-order chi connectivity index (χ0) is 14.0. The van der Waals surface area contributed by atoms with Gasteiger partial charge in [-0.2, -0.15) is 0 Å². The molecule has 1 fully saturated rings. The molecule has 0 heterocycles. The Morgan fingerprint density at radius 1 is 1.37 bits per heavy atom. The van der Waals surface area contributed by atoms with E-state index in [2.05, 4.69) is 0 Å². The summed E-state index contributed by atoms with van der Waals surface area (Å²) in [6.07, 6.45) is 2.06. The first-order valence-corrected chi connectivity index (χ1v) is 7.05. The molecule has 1 aliphatic carbocycles. The average molecular weight is 375 g/mol. The molecule has 19 heavy (non-hydrogen) atoms. The number of hydrogen-bond acceptors (Lipinski definition) is 3. The number of amides is 1. The molecule has 0 atom stereocenters. The van der Waals surface area contributed by atoms with Gasteiger partial charge in [0.1, 0.15) is 12.3 Å².